The van der Waals surface area contributed by atoms with Gasteiger partial charge in [-0.25, -0.2) is 0 Å². The molecule has 0 saturated carbocycles. The number of hydrogen-bond acceptors (Lipinski definition) is 3. The van der Waals surface area contributed by atoms with Gasteiger partial charge in [0.25, 0.3) is 0 Å². The largest absolute Gasteiger partial charge is 0.493 e. The second-order valence-electron chi connectivity index (χ2n) is 6.26. The Morgan fingerprint density at radius 2 is 1.73 bits per heavy atom. The monoisotopic (exact) mass is 395 g/mol. The topological polar surface area (TPSA) is 30.5 Å². The Kier molecular flexibility index (Phi) is 9.10. The molecule has 0 aliphatic rings. The zero-order valence-corrected chi connectivity index (χ0v) is 17.0. The van der Waals surface area contributed by atoms with Crippen molar-refractivity contribution in [1.29, 1.82) is 0 Å². The van der Waals surface area contributed by atoms with Gasteiger partial charge in [0.1, 0.15) is 6.61 Å². The van der Waals surface area contributed by atoms with Crippen molar-refractivity contribution < 1.29 is 9.47 Å². The second kappa shape index (κ2) is 11.3. The van der Waals surface area contributed by atoms with E-state index in [1.807, 2.05) is 36.4 Å². The average Bonchev–Trinajstić information content (AvgIpc) is 2.64. The van der Waals surface area contributed by atoms with Gasteiger partial charge in [-0.1, -0.05) is 61.5 Å². The number of benzene rings is 2. The summed E-state index contributed by atoms with van der Waals surface area (Å²) in [6.45, 7) is 4.40. The maximum absolute atomic E-state index is 6.43. The summed E-state index contributed by atoms with van der Waals surface area (Å²) in [5, 5.41) is 4.72. The first kappa shape index (κ1) is 20.9. The highest BCUT2D eigenvalue weighted by Gasteiger charge is 2.12. The van der Waals surface area contributed by atoms with Gasteiger partial charge in [0.15, 0.2) is 11.5 Å². The van der Waals surface area contributed by atoms with Gasteiger partial charge in [-0.05, 0) is 48.4 Å². The first-order chi connectivity index (χ1) is 12.6. The van der Waals surface area contributed by atoms with Crippen LogP contribution in [-0.4, -0.2) is 13.7 Å². The van der Waals surface area contributed by atoms with Gasteiger partial charge in [0.2, 0.25) is 0 Å². The maximum atomic E-state index is 6.43. The number of unbranched alkanes of at least 4 members (excludes halogenated alkanes) is 3. The summed E-state index contributed by atoms with van der Waals surface area (Å²) in [6, 6.07) is 11.4. The molecule has 0 heterocycles. The first-order valence-corrected chi connectivity index (χ1v) is 9.84. The SMILES string of the molecule is CCCCCCNCc1cc(Cl)c(OCc2ccc(Cl)cc2)c(OC)c1. The van der Waals surface area contributed by atoms with Crippen LogP contribution in [0.5, 0.6) is 11.5 Å². The molecular formula is C21H27Cl2NO2. The molecule has 142 valence electrons. The predicted octanol–water partition coefficient (Wildman–Crippen LogP) is 6.25. The summed E-state index contributed by atoms with van der Waals surface area (Å²) in [5.41, 5.74) is 2.10. The number of rotatable bonds is 11. The molecule has 2 rings (SSSR count). The minimum atomic E-state index is 0.405. The second-order valence-corrected chi connectivity index (χ2v) is 7.11. The Morgan fingerprint density at radius 1 is 0.962 bits per heavy atom. The minimum Gasteiger partial charge on any atom is -0.493 e. The Labute approximate surface area is 166 Å². The van der Waals surface area contributed by atoms with E-state index in [1.54, 1.807) is 7.11 Å². The number of nitrogens with one attached hydrogen (secondary N) is 1. The molecule has 0 amide bonds. The van der Waals surface area contributed by atoms with Crippen molar-refractivity contribution in [2.24, 2.45) is 0 Å². The van der Waals surface area contributed by atoms with Crippen molar-refractivity contribution in [2.45, 2.75) is 45.8 Å². The Balaban J connectivity index is 1.94. The predicted molar refractivity (Wildman–Crippen MR) is 110 cm³/mol. The van der Waals surface area contributed by atoms with Gasteiger partial charge in [0.05, 0.1) is 12.1 Å². The molecule has 2 aromatic rings. The van der Waals surface area contributed by atoms with Crippen molar-refractivity contribution in [2.75, 3.05) is 13.7 Å². The summed E-state index contributed by atoms with van der Waals surface area (Å²) in [4.78, 5) is 0. The molecule has 0 radical (unpaired) electrons. The molecule has 0 fully saturated rings. The van der Waals surface area contributed by atoms with Crippen LogP contribution in [0.2, 0.25) is 10.0 Å². The molecule has 0 unspecified atom stereocenters. The van der Waals surface area contributed by atoms with Crippen LogP contribution in [0.3, 0.4) is 0 Å². The normalized spacial score (nSPS) is 10.8. The highest BCUT2D eigenvalue weighted by Crippen LogP contribution is 2.37. The zero-order chi connectivity index (χ0) is 18.8. The standard InChI is InChI=1S/C21H27Cl2NO2/c1-3-4-5-6-11-24-14-17-12-19(23)21(20(13-17)25-2)26-15-16-7-9-18(22)10-8-16/h7-10,12-13,24H,3-6,11,14-15H2,1-2H3. The molecule has 26 heavy (non-hydrogen) atoms. The fraction of sp³-hybridized carbons (Fsp3) is 0.429. The highest BCUT2D eigenvalue weighted by molar-refractivity contribution is 6.32. The van der Waals surface area contributed by atoms with Crippen LogP contribution in [0, 0.1) is 0 Å². The van der Waals surface area contributed by atoms with Gasteiger partial charge in [-0.3, -0.25) is 0 Å². The number of methoxy groups -OCH3 is 1. The van der Waals surface area contributed by atoms with E-state index >= 15 is 0 Å². The zero-order valence-electron chi connectivity index (χ0n) is 15.5. The average molecular weight is 396 g/mol. The van der Waals surface area contributed by atoms with Crippen LogP contribution >= 0.6 is 23.2 Å². The number of ether oxygens (including phenoxy) is 2. The van der Waals surface area contributed by atoms with Gasteiger partial charge >= 0.3 is 0 Å². The fourth-order valence-electron chi connectivity index (χ4n) is 2.66. The van der Waals surface area contributed by atoms with E-state index in [-0.39, 0.29) is 0 Å². The minimum absolute atomic E-state index is 0.405. The molecule has 0 spiro atoms. The third kappa shape index (κ3) is 6.71. The third-order valence-electron chi connectivity index (χ3n) is 4.12. The van der Waals surface area contributed by atoms with E-state index in [1.165, 1.54) is 25.7 Å². The van der Waals surface area contributed by atoms with E-state index in [9.17, 15) is 0 Å². The molecule has 5 heteroatoms. The first-order valence-electron chi connectivity index (χ1n) is 9.08. The number of halogens is 2. The van der Waals surface area contributed by atoms with Crippen LogP contribution in [0.25, 0.3) is 0 Å². The van der Waals surface area contributed by atoms with Gasteiger partial charge in [0, 0.05) is 11.6 Å². The van der Waals surface area contributed by atoms with Gasteiger partial charge in [-0.15, -0.1) is 0 Å². The summed E-state index contributed by atoms with van der Waals surface area (Å²) in [5.74, 6) is 1.21. The van der Waals surface area contributed by atoms with Crippen molar-refractivity contribution in [3.05, 3.63) is 57.6 Å². The van der Waals surface area contributed by atoms with Gasteiger partial charge in [-0.2, -0.15) is 0 Å². The van der Waals surface area contributed by atoms with E-state index in [0.29, 0.717) is 28.2 Å². The Morgan fingerprint density at radius 3 is 2.42 bits per heavy atom. The summed E-state index contributed by atoms with van der Waals surface area (Å²) in [7, 11) is 1.63. The lowest BCUT2D eigenvalue weighted by atomic mass is 10.1. The van der Waals surface area contributed by atoms with Crippen LogP contribution in [0.1, 0.15) is 43.7 Å². The smallest absolute Gasteiger partial charge is 0.180 e. The molecule has 0 bridgehead atoms. The molecule has 0 aromatic heterocycles. The van der Waals surface area contributed by atoms with Crippen LogP contribution in [0.15, 0.2) is 36.4 Å². The van der Waals surface area contributed by atoms with Crippen molar-refractivity contribution in [1.82, 2.24) is 5.32 Å². The Hall–Kier alpha value is -1.42. The van der Waals surface area contributed by atoms with Crippen molar-refractivity contribution in [3.8, 4) is 11.5 Å². The van der Waals surface area contributed by atoms with E-state index in [0.717, 1.165) is 24.2 Å². The highest BCUT2D eigenvalue weighted by atomic mass is 35.5. The molecule has 0 atom stereocenters. The fourth-order valence-corrected chi connectivity index (χ4v) is 3.07. The quantitative estimate of drug-likeness (QED) is 0.456. The third-order valence-corrected chi connectivity index (χ3v) is 4.65. The van der Waals surface area contributed by atoms with E-state index in [4.69, 9.17) is 32.7 Å². The lowest BCUT2D eigenvalue weighted by Gasteiger charge is -2.15. The van der Waals surface area contributed by atoms with Crippen LogP contribution in [-0.2, 0) is 13.2 Å². The number of hydrogen-bond donors (Lipinski definition) is 1. The summed E-state index contributed by atoms with van der Waals surface area (Å²) in [6.07, 6.45) is 5.01. The molecule has 0 aliphatic heterocycles. The summed E-state index contributed by atoms with van der Waals surface area (Å²) >= 11 is 12.3. The Bertz CT molecular complexity index is 674. The van der Waals surface area contributed by atoms with Crippen molar-refractivity contribution in [3.63, 3.8) is 0 Å². The van der Waals surface area contributed by atoms with Gasteiger partial charge < -0.3 is 14.8 Å². The molecule has 1 N–H and O–H groups in total. The lowest BCUT2D eigenvalue weighted by molar-refractivity contribution is 0.284. The molecule has 0 aliphatic carbocycles. The van der Waals surface area contributed by atoms with Crippen LogP contribution in [0.4, 0.5) is 0 Å². The van der Waals surface area contributed by atoms with Crippen LogP contribution < -0.4 is 14.8 Å². The van der Waals surface area contributed by atoms with E-state index < -0.39 is 0 Å². The summed E-state index contributed by atoms with van der Waals surface area (Å²) < 4.78 is 11.4. The maximum Gasteiger partial charge on any atom is 0.180 e. The van der Waals surface area contributed by atoms with Crippen molar-refractivity contribution >= 4 is 23.2 Å². The molecule has 3 nitrogen and oxygen atoms in total. The lowest BCUT2D eigenvalue weighted by Crippen LogP contribution is -2.14. The molecule has 0 saturated heterocycles. The molecular weight excluding hydrogens is 369 g/mol. The van der Waals surface area contributed by atoms with E-state index in [2.05, 4.69) is 12.2 Å². The molecule has 2 aromatic carbocycles.